The first kappa shape index (κ1) is 12.0. The second-order valence-corrected chi connectivity index (χ2v) is 2.31. The van der Waals surface area contributed by atoms with Crippen LogP contribution in [0.1, 0.15) is 0 Å². The fourth-order valence-corrected chi connectivity index (χ4v) is 0.770. The van der Waals surface area contributed by atoms with Gasteiger partial charge < -0.3 is 0 Å². The summed E-state index contributed by atoms with van der Waals surface area (Å²) >= 11 is 0. The van der Waals surface area contributed by atoms with Gasteiger partial charge in [0.2, 0.25) is 0 Å². The van der Waals surface area contributed by atoms with E-state index in [1.807, 2.05) is 72.8 Å². The summed E-state index contributed by atoms with van der Waals surface area (Å²) in [5, 5.41) is 0. The molecule has 0 aliphatic heterocycles. The van der Waals surface area contributed by atoms with Gasteiger partial charge in [0.25, 0.3) is 0 Å². The Bertz CT molecular complexity index is 197. The third-order valence-electron chi connectivity index (χ3n) is 1.33. The van der Waals surface area contributed by atoms with Gasteiger partial charge in [-0.25, -0.2) is 11.1 Å². The maximum Gasteiger partial charge on any atom is -0.0623 e. The van der Waals surface area contributed by atoms with Crippen molar-refractivity contribution in [2.24, 2.45) is 0 Å². The molecule has 0 aliphatic rings. The fraction of sp³-hybridized carbons (Fsp3) is 0. The van der Waals surface area contributed by atoms with Gasteiger partial charge in [-0.3, -0.25) is 0 Å². The lowest BCUT2D eigenvalue weighted by molar-refractivity contribution is 1.05. The first-order chi connectivity index (χ1) is 7.00. The molecule has 0 unspecified atom stereocenters. The Morgan fingerprint density at radius 2 is 0.357 bits per heavy atom. The average molecular weight is 186 g/mol. The van der Waals surface area contributed by atoms with Gasteiger partial charge in [0.15, 0.2) is 0 Å². The summed E-state index contributed by atoms with van der Waals surface area (Å²) in [6.07, 6.45) is 0. The molecule has 14 heavy (non-hydrogen) atoms. The van der Waals surface area contributed by atoms with Crippen LogP contribution in [0.5, 0.6) is 0 Å². The summed E-state index contributed by atoms with van der Waals surface area (Å²) < 4.78 is 0. The van der Waals surface area contributed by atoms with E-state index in [1.54, 1.807) is 0 Å². The van der Waals surface area contributed by atoms with Gasteiger partial charge in [0, 0.05) is 0 Å². The number of rotatable bonds is 0. The molecule has 0 spiro atoms. The summed E-state index contributed by atoms with van der Waals surface area (Å²) in [6.45, 7) is 0. The molecule has 2 heteroatoms. The molecule has 0 saturated heterocycles. The van der Waals surface area contributed by atoms with Crippen LogP contribution in [-0.4, -0.2) is 0 Å². The largest absolute Gasteiger partial charge is 0.213 e. The highest BCUT2D eigenvalue weighted by molar-refractivity contribution is 4.99. The van der Waals surface area contributed by atoms with Gasteiger partial charge in [-0.05, 0) is 0 Å². The lowest BCUT2D eigenvalue weighted by Gasteiger charge is -1.69. The summed E-state index contributed by atoms with van der Waals surface area (Å²) in [7, 11) is 0. The van der Waals surface area contributed by atoms with E-state index < -0.39 is 0 Å². The molecule has 2 N–H and O–H groups in total. The standard InChI is InChI=1S/2C6H6.H2N2/c2*1-2-4-6-5-3-1;1-2/h2*1-6H;1-2H. The maximum atomic E-state index is 5.00. The Labute approximate surface area is 84.5 Å². The Balaban J connectivity index is 0.000000206. The zero-order valence-corrected chi connectivity index (χ0v) is 7.93. The van der Waals surface area contributed by atoms with Gasteiger partial charge in [0.1, 0.15) is 0 Å². The summed E-state index contributed by atoms with van der Waals surface area (Å²) in [5.41, 5.74) is 10.0. The number of hydrogen-bond acceptors (Lipinski definition) is 2. The SMILES string of the molecule is N=N.c1ccccc1.c1ccccc1. The Kier molecular flexibility index (Phi) is 9.49. The predicted octanol–water partition coefficient (Wildman–Crippen LogP) is 3.97. The van der Waals surface area contributed by atoms with E-state index in [9.17, 15) is 0 Å². The lowest BCUT2D eigenvalue weighted by Crippen LogP contribution is -1.47. The van der Waals surface area contributed by atoms with Crippen molar-refractivity contribution in [1.29, 1.82) is 11.1 Å². The molecule has 2 nitrogen and oxygen atoms in total. The zero-order chi connectivity index (χ0) is 10.5. The Morgan fingerprint density at radius 3 is 0.429 bits per heavy atom. The van der Waals surface area contributed by atoms with Crippen LogP contribution in [0.2, 0.25) is 0 Å². The molecular formula is C12H14N2. The second-order valence-electron chi connectivity index (χ2n) is 2.31. The number of benzene rings is 2. The average Bonchev–Trinajstić information content (AvgIpc) is 2.37. The van der Waals surface area contributed by atoms with E-state index in [-0.39, 0.29) is 0 Å². The molecule has 0 atom stereocenters. The third kappa shape index (κ3) is 8.14. The van der Waals surface area contributed by atoms with Gasteiger partial charge in [-0.1, -0.05) is 72.8 Å². The van der Waals surface area contributed by atoms with E-state index >= 15 is 0 Å². The van der Waals surface area contributed by atoms with Crippen molar-refractivity contribution in [3.63, 3.8) is 0 Å². The molecule has 2 aromatic rings. The predicted molar refractivity (Wildman–Crippen MR) is 58.3 cm³/mol. The Hall–Kier alpha value is -1.96. The highest BCUT2D eigenvalue weighted by atomic mass is 14.7. The van der Waals surface area contributed by atoms with Crippen molar-refractivity contribution < 1.29 is 0 Å². The van der Waals surface area contributed by atoms with Crippen LogP contribution >= 0.6 is 0 Å². The van der Waals surface area contributed by atoms with E-state index in [4.69, 9.17) is 11.1 Å². The molecular weight excluding hydrogens is 172 g/mol. The van der Waals surface area contributed by atoms with Crippen molar-refractivity contribution in [3.05, 3.63) is 72.8 Å². The van der Waals surface area contributed by atoms with Gasteiger partial charge in [-0.15, -0.1) is 0 Å². The van der Waals surface area contributed by atoms with E-state index in [0.29, 0.717) is 0 Å². The molecule has 72 valence electrons. The van der Waals surface area contributed by atoms with Gasteiger partial charge >= 0.3 is 0 Å². The van der Waals surface area contributed by atoms with Gasteiger partial charge in [0.05, 0.1) is 0 Å². The molecule has 0 amide bonds. The van der Waals surface area contributed by atoms with Crippen LogP contribution in [0.25, 0.3) is 0 Å². The molecule has 0 saturated carbocycles. The topological polar surface area (TPSA) is 47.7 Å². The molecule has 0 radical (unpaired) electrons. The molecule has 0 fully saturated rings. The second kappa shape index (κ2) is 11.0. The summed E-state index contributed by atoms with van der Waals surface area (Å²) in [5.74, 6) is 0. The molecule has 0 aliphatic carbocycles. The van der Waals surface area contributed by atoms with Crippen LogP contribution in [0.15, 0.2) is 72.8 Å². The molecule has 0 aromatic heterocycles. The minimum Gasteiger partial charge on any atom is -0.213 e. The smallest absolute Gasteiger partial charge is 0.0623 e. The van der Waals surface area contributed by atoms with Crippen LogP contribution in [-0.2, 0) is 0 Å². The monoisotopic (exact) mass is 186 g/mol. The lowest BCUT2D eigenvalue weighted by atomic mass is 10.4. The first-order valence-corrected chi connectivity index (χ1v) is 4.25. The van der Waals surface area contributed by atoms with Crippen molar-refractivity contribution in [2.75, 3.05) is 0 Å². The molecule has 0 bridgehead atoms. The van der Waals surface area contributed by atoms with Crippen LogP contribution in [0.4, 0.5) is 0 Å². The van der Waals surface area contributed by atoms with Crippen LogP contribution < -0.4 is 0 Å². The Morgan fingerprint density at radius 1 is 0.286 bits per heavy atom. The van der Waals surface area contributed by atoms with E-state index in [1.165, 1.54) is 0 Å². The summed E-state index contributed by atoms with van der Waals surface area (Å²) in [4.78, 5) is 0. The molecule has 2 rings (SSSR count). The maximum absolute atomic E-state index is 5.00. The minimum atomic E-state index is 2.00. The highest BCUT2D eigenvalue weighted by Gasteiger charge is 1.58. The molecule has 2 aromatic carbocycles. The first-order valence-electron chi connectivity index (χ1n) is 4.25. The van der Waals surface area contributed by atoms with E-state index in [0.717, 1.165) is 0 Å². The van der Waals surface area contributed by atoms with Crippen molar-refractivity contribution in [2.45, 2.75) is 0 Å². The number of nitrogens with one attached hydrogen (secondary N) is 2. The van der Waals surface area contributed by atoms with E-state index in [2.05, 4.69) is 0 Å². The summed E-state index contributed by atoms with van der Waals surface area (Å²) in [6, 6.07) is 24.0. The fourth-order valence-electron chi connectivity index (χ4n) is 0.770. The normalized spacial score (nSPS) is 7.14. The zero-order valence-electron chi connectivity index (χ0n) is 7.93. The van der Waals surface area contributed by atoms with Crippen molar-refractivity contribution in [3.8, 4) is 0 Å². The quantitative estimate of drug-likeness (QED) is 0.585. The van der Waals surface area contributed by atoms with Crippen molar-refractivity contribution in [1.82, 2.24) is 0 Å². The van der Waals surface area contributed by atoms with Gasteiger partial charge in [-0.2, -0.15) is 0 Å². The highest BCUT2D eigenvalue weighted by Crippen LogP contribution is 1.80. The minimum absolute atomic E-state index is 2.00. The third-order valence-corrected chi connectivity index (χ3v) is 1.33. The van der Waals surface area contributed by atoms with Crippen LogP contribution in [0.3, 0.4) is 0 Å². The van der Waals surface area contributed by atoms with Crippen LogP contribution in [0, 0.1) is 11.1 Å². The van der Waals surface area contributed by atoms with Crippen molar-refractivity contribution >= 4 is 0 Å². The number of hydrogen-bond donors (Lipinski definition) is 2. The molecule has 0 heterocycles.